The summed E-state index contributed by atoms with van der Waals surface area (Å²) in [4.78, 5) is 19.0. The van der Waals surface area contributed by atoms with Crippen LogP contribution in [0.1, 0.15) is 23.7 Å². The standard InChI is InChI=1S/C11H19N3OS/c1-8-6-12-10(16-8)11(2,3)13-9(15)7-14(4)5/h6H,7H2,1-5H3,(H,13,15). The third-order valence-electron chi connectivity index (χ3n) is 2.07. The van der Waals surface area contributed by atoms with Gasteiger partial charge in [-0.05, 0) is 34.9 Å². The lowest BCUT2D eigenvalue weighted by atomic mass is 10.1. The van der Waals surface area contributed by atoms with Crippen molar-refractivity contribution in [1.82, 2.24) is 15.2 Å². The highest BCUT2D eigenvalue weighted by molar-refractivity contribution is 7.11. The number of rotatable bonds is 4. The van der Waals surface area contributed by atoms with E-state index >= 15 is 0 Å². The SMILES string of the molecule is Cc1cnc(C(C)(C)NC(=O)CN(C)C)s1. The lowest BCUT2D eigenvalue weighted by molar-refractivity contribution is -0.123. The first-order valence-corrected chi connectivity index (χ1v) is 6.01. The Hall–Kier alpha value is -0.940. The minimum Gasteiger partial charge on any atom is -0.344 e. The Morgan fingerprint density at radius 1 is 1.56 bits per heavy atom. The predicted molar refractivity (Wildman–Crippen MR) is 66.6 cm³/mol. The van der Waals surface area contributed by atoms with Crippen molar-refractivity contribution in [3.63, 3.8) is 0 Å². The van der Waals surface area contributed by atoms with Gasteiger partial charge in [0.05, 0.1) is 12.1 Å². The number of hydrogen-bond acceptors (Lipinski definition) is 4. The van der Waals surface area contributed by atoms with Crippen molar-refractivity contribution in [2.24, 2.45) is 0 Å². The van der Waals surface area contributed by atoms with Gasteiger partial charge in [0.15, 0.2) is 0 Å². The van der Waals surface area contributed by atoms with E-state index in [9.17, 15) is 4.79 Å². The lowest BCUT2D eigenvalue weighted by Crippen LogP contribution is -2.44. The molecule has 1 N–H and O–H groups in total. The molecule has 16 heavy (non-hydrogen) atoms. The van der Waals surface area contributed by atoms with Crippen LogP contribution in [0.4, 0.5) is 0 Å². The number of amides is 1. The number of nitrogens with zero attached hydrogens (tertiary/aromatic N) is 2. The fraction of sp³-hybridized carbons (Fsp3) is 0.636. The third kappa shape index (κ3) is 3.57. The molecule has 0 radical (unpaired) electrons. The molecule has 5 heteroatoms. The molecule has 0 aliphatic carbocycles. The number of likely N-dealkylation sites (N-methyl/N-ethyl adjacent to an activating group) is 1. The number of hydrogen-bond donors (Lipinski definition) is 1. The van der Waals surface area contributed by atoms with E-state index in [0.29, 0.717) is 6.54 Å². The van der Waals surface area contributed by atoms with E-state index in [-0.39, 0.29) is 5.91 Å². The normalized spacial score (nSPS) is 11.9. The molecule has 1 aromatic heterocycles. The molecule has 0 aliphatic heterocycles. The Labute approximate surface area is 101 Å². The molecule has 1 heterocycles. The van der Waals surface area contributed by atoms with E-state index in [1.165, 1.54) is 0 Å². The van der Waals surface area contributed by atoms with Crippen LogP contribution in [0.15, 0.2) is 6.20 Å². The van der Waals surface area contributed by atoms with Crippen molar-refractivity contribution in [2.75, 3.05) is 20.6 Å². The molecule has 1 aromatic rings. The summed E-state index contributed by atoms with van der Waals surface area (Å²) in [5.41, 5.74) is -0.397. The summed E-state index contributed by atoms with van der Waals surface area (Å²) < 4.78 is 0. The van der Waals surface area contributed by atoms with Crippen LogP contribution in [-0.4, -0.2) is 36.4 Å². The Kier molecular flexibility index (Phi) is 4.04. The van der Waals surface area contributed by atoms with E-state index in [4.69, 9.17) is 0 Å². The van der Waals surface area contributed by atoms with Gasteiger partial charge in [0.25, 0.3) is 0 Å². The van der Waals surface area contributed by atoms with Gasteiger partial charge in [-0.15, -0.1) is 11.3 Å². The zero-order valence-electron chi connectivity index (χ0n) is 10.5. The van der Waals surface area contributed by atoms with Crippen LogP contribution in [0.25, 0.3) is 0 Å². The number of carbonyl (C=O) groups is 1. The molecule has 0 saturated heterocycles. The Morgan fingerprint density at radius 3 is 2.62 bits per heavy atom. The van der Waals surface area contributed by atoms with Crippen molar-refractivity contribution in [3.8, 4) is 0 Å². The molecule has 90 valence electrons. The summed E-state index contributed by atoms with van der Waals surface area (Å²) in [6, 6.07) is 0. The van der Waals surface area contributed by atoms with Crippen LogP contribution in [0.5, 0.6) is 0 Å². The van der Waals surface area contributed by atoms with Gasteiger partial charge in [0.2, 0.25) is 5.91 Å². The van der Waals surface area contributed by atoms with Gasteiger partial charge in [-0.25, -0.2) is 4.98 Å². The van der Waals surface area contributed by atoms with Crippen LogP contribution < -0.4 is 5.32 Å². The van der Waals surface area contributed by atoms with Crippen LogP contribution in [0, 0.1) is 6.92 Å². The van der Waals surface area contributed by atoms with Crippen LogP contribution in [-0.2, 0) is 10.3 Å². The largest absolute Gasteiger partial charge is 0.344 e. The molecule has 0 unspecified atom stereocenters. The predicted octanol–water partition coefficient (Wildman–Crippen LogP) is 1.36. The quantitative estimate of drug-likeness (QED) is 0.866. The Morgan fingerprint density at radius 2 is 2.19 bits per heavy atom. The lowest BCUT2D eigenvalue weighted by Gasteiger charge is -2.24. The molecular formula is C11H19N3OS. The highest BCUT2D eigenvalue weighted by Gasteiger charge is 2.25. The zero-order valence-corrected chi connectivity index (χ0v) is 11.3. The van der Waals surface area contributed by atoms with E-state index in [1.54, 1.807) is 11.3 Å². The highest BCUT2D eigenvalue weighted by atomic mass is 32.1. The van der Waals surface area contributed by atoms with Gasteiger partial charge in [0.1, 0.15) is 5.01 Å². The van der Waals surface area contributed by atoms with Crippen molar-refractivity contribution < 1.29 is 4.79 Å². The second-order valence-electron chi connectivity index (χ2n) is 4.69. The van der Waals surface area contributed by atoms with Gasteiger partial charge in [0, 0.05) is 11.1 Å². The highest BCUT2D eigenvalue weighted by Crippen LogP contribution is 2.24. The van der Waals surface area contributed by atoms with Gasteiger partial charge < -0.3 is 10.2 Å². The van der Waals surface area contributed by atoms with Gasteiger partial charge in [-0.2, -0.15) is 0 Å². The molecule has 0 fully saturated rings. The van der Waals surface area contributed by atoms with E-state index < -0.39 is 5.54 Å². The first-order chi connectivity index (χ1) is 7.31. The monoisotopic (exact) mass is 241 g/mol. The summed E-state index contributed by atoms with van der Waals surface area (Å²) in [5.74, 6) is 0.0165. The second kappa shape index (κ2) is 4.93. The maximum absolute atomic E-state index is 11.7. The summed E-state index contributed by atoms with van der Waals surface area (Å²) in [7, 11) is 3.75. The maximum atomic E-state index is 11.7. The second-order valence-corrected chi connectivity index (χ2v) is 5.92. The van der Waals surface area contributed by atoms with E-state index in [0.717, 1.165) is 9.88 Å². The van der Waals surface area contributed by atoms with Crippen LogP contribution >= 0.6 is 11.3 Å². The first kappa shape index (κ1) is 13.1. The molecule has 1 rings (SSSR count). The van der Waals surface area contributed by atoms with Crippen LogP contribution in [0.3, 0.4) is 0 Å². The Bertz CT molecular complexity index is 371. The molecule has 0 aromatic carbocycles. The minimum absolute atomic E-state index is 0.0165. The van der Waals surface area contributed by atoms with Crippen molar-refractivity contribution in [2.45, 2.75) is 26.3 Å². The summed E-state index contributed by atoms with van der Waals surface area (Å²) >= 11 is 1.62. The molecule has 0 bridgehead atoms. The fourth-order valence-corrected chi connectivity index (χ4v) is 2.19. The minimum atomic E-state index is -0.397. The first-order valence-electron chi connectivity index (χ1n) is 5.20. The average molecular weight is 241 g/mol. The zero-order chi connectivity index (χ0) is 12.3. The number of thiazole rings is 1. The topological polar surface area (TPSA) is 45.2 Å². The summed E-state index contributed by atoms with van der Waals surface area (Å²) in [6.07, 6.45) is 1.83. The smallest absolute Gasteiger partial charge is 0.234 e. The molecule has 0 atom stereocenters. The van der Waals surface area contributed by atoms with Crippen LogP contribution in [0.2, 0.25) is 0 Å². The van der Waals surface area contributed by atoms with Gasteiger partial charge in [-0.1, -0.05) is 0 Å². The maximum Gasteiger partial charge on any atom is 0.234 e. The molecule has 0 saturated carbocycles. The van der Waals surface area contributed by atoms with E-state index in [1.807, 2.05) is 46.0 Å². The molecule has 1 amide bonds. The molecule has 4 nitrogen and oxygen atoms in total. The molecule has 0 spiro atoms. The molecular weight excluding hydrogens is 222 g/mol. The summed E-state index contributed by atoms with van der Waals surface area (Å²) in [5, 5.41) is 3.93. The number of aromatic nitrogens is 1. The van der Waals surface area contributed by atoms with Crippen molar-refractivity contribution in [1.29, 1.82) is 0 Å². The molecule has 0 aliphatic rings. The Balaban J connectivity index is 2.68. The van der Waals surface area contributed by atoms with Gasteiger partial charge >= 0.3 is 0 Å². The number of aryl methyl sites for hydroxylation is 1. The average Bonchev–Trinajstić information content (AvgIpc) is 2.49. The number of carbonyl (C=O) groups excluding carboxylic acids is 1. The summed E-state index contributed by atoms with van der Waals surface area (Å²) in [6.45, 7) is 6.35. The van der Waals surface area contributed by atoms with Crippen molar-refractivity contribution in [3.05, 3.63) is 16.1 Å². The van der Waals surface area contributed by atoms with Gasteiger partial charge in [-0.3, -0.25) is 4.79 Å². The van der Waals surface area contributed by atoms with E-state index in [2.05, 4.69) is 10.3 Å². The fourth-order valence-electron chi connectivity index (χ4n) is 1.37. The third-order valence-corrected chi connectivity index (χ3v) is 3.30. The van der Waals surface area contributed by atoms with Crippen molar-refractivity contribution >= 4 is 17.2 Å². The number of nitrogens with one attached hydrogen (secondary N) is 1.